The summed E-state index contributed by atoms with van der Waals surface area (Å²) in [5.74, 6) is -0.464. The molecule has 0 aliphatic carbocycles. The van der Waals surface area contributed by atoms with E-state index in [9.17, 15) is 14.4 Å². The molecular weight excluding hydrogens is 298 g/mol. The summed E-state index contributed by atoms with van der Waals surface area (Å²) in [6.07, 6.45) is 0.312. The number of nitrogens with zero attached hydrogens (tertiary/aromatic N) is 1. The van der Waals surface area contributed by atoms with Crippen LogP contribution in [0.25, 0.3) is 0 Å². The van der Waals surface area contributed by atoms with E-state index in [1.807, 2.05) is 34.6 Å². The van der Waals surface area contributed by atoms with Gasteiger partial charge in [0, 0.05) is 26.1 Å². The van der Waals surface area contributed by atoms with Crippen LogP contribution in [0.4, 0.5) is 4.79 Å². The number of carbonyl (C=O) groups is 3. The van der Waals surface area contributed by atoms with Gasteiger partial charge in [0.25, 0.3) is 0 Å². The summed E-state index contributed by atoms with van der Waals surface area (Å²) in [6.45, 7) is 11.6. The van der Waals surface area contributed by atoms with Gasteiger partial charge in [0.15, 0.2) is 0 Å². The van der Waals surface area contributed by atoms with Gasteiger partial charge in [-0.2, -0.15) is 0 Å². The summed E-state index contributed by atoms with van der Waals surface area (Å²) in [5.41, 5.74) is -0.535. The minimum atomic E-state index is -0.567. The third-order valence-corrected chi connectivity index (χ3v) is 3.49. The molecule has 1 aliphatic heterocycles. The van der Waals surface area contributed by atoms with Crippen LogP contribution in [0.5, 0.6) is 0 Å². The van der Waals surface area contributed by atoms with E-state index in [0.717, 1.165) is 0 Å². The second-order valence-electron chi connectivity index (χ2n) is 7.34. The molecule has 3 amide bonds. The average molecular weight is 327 g/mol. The van der Waals surface area contributed by atoms with E-state index in [1.165, 1.54) is 6.92 Å². The zero-order valence-electron chi connectivity index (χ0n) is 14.9. The fourth-order valence-electron chi connectivity index (χ4n) is 2.42. The van der Waals surface area contributed by atoms with Crippen molar-refractivity contribution < 1.29 is 19.1 Å². The molecule has 1 aliphatic rings. The molecular formula is C16H29N3O4. The maximum Gasteiger partial charge on any atom is 0.410 e. The van der Waals surface area contributed by atoms with E-state index in [1.54, 1.807) is 4.90 Å². The molecule has 0 radical (unpaired) electrons. The Balaban J connectivity index is 2.54. The van der Waals surface area contributed by atoms with Crippen molar-refractivity contribution in [1.82, 2.24) is 15.5 Å². The van der Waals surface area contributed by atoms with Crippen LogP contribution in [-0.4, -0.2) is 53.6 Å². The summed E-state index contributed by atoms with van der Waals surface area (Å²) < 4.78 is 5.33. The third-order valence-electron chi connectivity index (χ3n) is 3.49. The Morgan fingerprint density at radius 1 is 1.22 bits per heavy atom. The highest BCUT2D eigenvalue weighted by atomic mass is 16.6. The second-order valence-corrected chi connectivity index (χ2v) is 7.34. The van der Waals surface area contributed by atoms with Gasteiger partial charge in [0.2, 0.25) is 11.8 Å². The molecule has 132 valence electrons. The van der Waals surface area contributed by atoms with Gasteiger partial charge in [-0.1, -0.05) is 13.8 Å². The lowest BCUT2D eigenvalue weighted by Crippen LogP contribution is -2.52. The molecule has 0 aromatic rings. The maximum atomic E-state index is 12.3. The topological polar surface area (TPSA) is 87.7 Å². The first kappa shape index (κ1) is 19.3. The van der Waals surface area contributed by atoms with Crippen LogP contribution in [-0.2, 0) is 14.3 Å². The molecule has 0 spiro atoms. The fraction of sp³-hybridized carbons (Fsp3) is 0.812. The number of hydrogen-bond donors (Lipinski definition) is 2. The molecule has 1 fully saturated rings. The van der Waals surface area contributed by atoms with Crippen molar-refractivity contribution in [3.8, 4) is 0 Å². The van der Waals surface area contributed by atoms with Crippen LogP contribution in [0.3, 0.4) is 0 Å². The highest BCUT2D eigenvalue weighted by Gasteiger charge is 2.32. The van der Waals surface area contributed by atoms with Gasteiger partial charge in [-0.05, 0) is 33.1 Å². The SMILES string of the molecule is CC(=O)NC(C(=O)NC1CCN(C(=O)OC(C)(C)C)C1)C(C)C. The average Bonchev–Trinajstić information content (AvgIpc) is 2.81. The molecule has 0 aromatic heterocycles. The highest BCUT2D eigenvalue weighted by molar-refractivity contribution is 5.87. The number of carbonyl (C=O) groups excluding carboxylic acids is 3. The minimum Gasteiger partial charge on any atom is -0.444 e. The molecule has 0 saturated carbocycles. The van der Waals surface area contributed by atoms with E-state index >= 15 is 0 Å². The Bertz CT molecular complexity index is 457. The van der Waals surface area contributed by atoms with Gasteiger partial charge in [-0.15, -0.1) is 0 Å². The van der Waals surface area contributed by atoms with Crippen molar-refractivity contribution in [1.29, 1.82) is 0 Å². The highest BCUT2D eigenvalue weighted by Crippen LogP contribution is 2.15. The zero-order valence-corrected chi connectivity index (χ0v) is 14.9. The Morgan fingerprint density at radius 2 is 1.83 bits per heavy atom. The third kappa shape index (κ3) is 6.46. The molecule has 7 heteroatoms. The van der Waals surface area contributed by atoms with Crippen LogP contribution >= 0.6 is 0 Å². The molecule has 2 unspecified atom stereocenters. The summed E-state index contributed by atoms with van der Waals surface area (Å²) in [4.78, 5) is 37.1. The molecule has 2 atom stereocenters. The van der Waals surface area contributed by atoms with E-state index < -0.39 is 11.6 Å². The van der Waals surface area contributed by atoms with Crippen molar-refractivity contribution >= 4 is 17.9 Å². The van der Waals surface area contributed by atoms with Gasteiger partial charge in [0.1, 0.15) is 11.6 Å². The van der Waals surface area contributed by atoms with Crippen molar-refractivity contribution in [2.24, 2.45) is 5.92 Å². The Labute approximate surface area is 138 Å². The number of likely N-dealkylation sites (tertiary alicyclic amines) is 1. The predicted molar refractivity (Wildman–Crippen MR) is 86.8 cm³/mol. The number of ether oxygens (including phenoxy) is 1. The molecule has 0 aromatic carbocycles. The molecule has 0 bridgehead atoms. The first-order valence-electron chi connectivity index (χ1n) is 8.05. The molecule has 1 heterocycles. The normalized spacial score (nSPS) is 19.4. The van der Waals surface area contributed by atoms with E-state index in [2.05, 4.69) is 10.6 Å². The van der Waals surface area contributed by atoms with Gasteiger partial charge in [0.05, 0.1) is 0 Å². The summed E-state index contributed by atoms with van der Waals surface area (Å²) in [5, 5.41) is 5.57. The summed E-state index contributed by atoms with van der Waals surface area (Å²) in [7, 11) is 0. The molecule has 1 saturated heterocycles. The first-order valence-corrected chi connectivity index (χ1v) is 8.05. The standard InChI is InChI=1S/C16H29N3O4/c1-10(2)13(17-11(3)20)14(21)18-12-7-8-19(9-12)15(22)23-16(4,5)6/h10,12-13H,7-9H2,1-6H3,(H,17,20)(H,18,21). The second kappa shape index (κ2) is 7.66. The van der Waals surface area contributed by atoms with Gasteiger partial charge in [-0.25, -0.2) is 4.79 Å². The monoisotopic (exact) mass is 327 g/mol. The Hall–Kier alpha value is -1.79. The summed E-state index contributed by atoms with van der Waals surface area (Å²) >= 11 is 0. The lowest BCUT2D eigenvalue weighted by Gasteiger charge is -2.25. The molecule has 2 N–H and O–H groups in total. The fourth-order valence-corrected chi connectivity index (χ4v) is 2.42. The van der Waals surface area contributed by atoms with Gasteiger partial charge < -0.3 is 20.3 Å². The number of hydrogen-bond acceptors (Lipinski definition) is 4. The van der Waals surface area contributed by atoms with E-state index in [4.69, 9.17) is 4.74 Å². The predicted octanol–water partition coefficient (Wildman–Crippen LogP) is 1.27. The quantitative estimate of drug-likeness (QED) is 0.814. The molecule has 23 heavy (non-hydrogen) atoms. The van der Waals surface area contributed by atoms with Crippen molar-refractivity contribution in [3.63, 3.8) is 0 Å². The van der Waals surface area contributed by atoms with Crippen LogP contribution in [0.15, 0.2) is 0 Å². The van der Waals surface area contributed by atoms with Gasteiger partial charge in [-0.3, -0.25) is 9.59 Å². The Morgan fingerprint density at radius 3 is 2.30 bits per heavy atom. The number of nitrogens with one attached hydrogen (secondary N) is 2. The largest absolute Gasteiger partial charge is 0.444 e. The van der Waals surface area contributed by atoms with Crippen molar-refractivity contribution in [2.45, 2.75) is 65.6 Å². The van der Waals surface area contributed by atoms with Crippen molar-refractivity contribution in [2.75, 3.05) is 13.1 Å². The maximum absolute atomic E-state index is 12.3. The molecule has 7 nitrogen and oxygen atoms in total. The van der Waals surface area contributed by atoms with Crippen molar-refractivity contribution in [3.05, 3.63) is 0 Å². The lowest BCUT2D eigenvalue weighted by atomic mass is 10.0. The number of amides is 3. The molecule has 1 rings (SSSR count). The Kier molecular flexibility index (Phi) is 6.41. The first-order chi connectivity index (χ1) is 10.5. The van der Waals surface area contributed by atoms with E-state index in [-0.39, 0.29) is 29.9 Å². The van der Waals surface area contributed by atoms with Gasteiger partial charge >= 0.3 is 6.09 Å². The number of rotatable bonds is 4. The summed E-state index contributed by atoms with van der Waals surface area (Å²) in [6, 6.07) is -0.687. The smallest absolute Gasteiger partial charge is 0.410 e. The minimum absolute atomic E-state index is 0.0118. The zero-order chi connectivity index (χ0) is 17.8. The van der Waals surface area contributed by atoms with E-state index in [0.29, 0.717) is 19.5 Å². The van der Waals surface area contributed by atoms with Crippen LogP contribution in [0.2, 0.25) is 0 Å². The van der Waals surface area contributed by atoms with Crippen LogP contribution in [0, 0.1) is 5.92 Å². The van der Waals surface area contributed by atoms with Crippen LogP contribution in [0.1, 0.15) is 48.0 Å². The lowest BCUT2D eigenvalue weighted by molar-refractivity contribution is -0.129. The van der Waals surface area contributed by atoms with Crippen LogP contribution < -0.4 is 10.6 Å².